The van der Waals surface area contributed by atoms with Gasteiger partial charge in [-0.2, -0.15) is 0 Å². The number of fused-ring (bicyclic) bond motifs is 1. The lowest BCUT2D eigenvalue weighted by Gasteiger charge is -2.12. The van der Waals surface area contributed by atoms with Gasteiger partial charge in [0, 0.05) is 17.2 Å². The molecule has 0 saturated carbocycles. The number of methoxy groups -OCH3 is 2. The predicted molar refractivity (Wildman–Crippen MR) is 125 cm³/mol. The Balaban J connectivity index is 1.53. The third kappa shape index (κ3) is 4.49. The number of esters is 1. The molecular formula is C23H24N2O5S2. The number of aryl methyl sites for hydroxylation is 1. The number of anilines is 1. The summed E-state index contributed by atoms with van der Waals surface area (Å²) in [6, 6.07) is 5.61. The molecule has 0 bridgehead atoms. The third-order valence-electron chi connectivity index (χ3n) is 5.20. The summed E-state index contributed by atoms with van der Waals surface area (Å²) in [7, 11) is 3.18. The molecule has 7 nitrogen and oxygen atoms in total. The monoisotopic (exact) mass is 472 g/mol. The first kappa shape index (κ1) is 22.3. The van der Waals surface area contributed by atoms with Gasteiger partial charge >= 0.3 is 5.97 Å². The Labute approximate surface area is 194 Å². The molecule has 0 aliphatic heterocycles. The fourth-order valence-corrected chi connectivity index (χ4v) is 5.94. The number of hydrogen-bond acceptors (Lipinski definition) is 8. The molecule has 0 saturated heterocycles. The Morgan fingerprint density at radius 2 is 1.97 bits per heavy atom. The van der Waals surface area contributed by atoms with Crippen LogP contribution in [-0.2, 0) is 29.0 Å². The Bertz CT molecular complexity index is 1150. The second-order valence-corrected chi connectivity index (χ2v) is 9.32. The number of rotatable bonds is 7. The number of thiophene rings is 1. The van der Waals surface area contributed by atoms with Gasteiger partial charge in [-0.25, -0.2) is 9.78 Å². The van der Waals surface area contributed by atoms with E-state index in [9.17, 15) is 9.59 Å². The second-order valence-electron chi connectivity index (χ2n) is 7.36. The van der Waals surface area contributed by atoms with Crippen LogP contribution in [0.5, 0.6) is 11.5 Å². The molecule has 32 heavy (non-hydrogen) atoms. The summed E-state index contributed by atoms with van der Waals surface area (Å²) in [6.07, 6.45) is 3.88. The minimum Gasteiger partial charge on any atom is -0.493 e. The summed E-state index contributed by atoms with van der Waals surface area (Å²) in [4.78, 5) is 30.4. The van der Waals surface area contributed by atoms with E-state index in [0.29, 0.717) is 27.8 Å². The van der Waals surface area contributed by atoms with E-state index in [1.165, 1.54) is 29.6 Å². The van der Waals surface area contributed by atoms with Gasteiger partial charge in [-0.05, 0) is 43.4 Å². The van der Waals surface area contributed by atoms with E-state index in [0.717, 1.165) is 46.7 Å². The van der Waals surface area contributed by atoms with Crippen LogP contribution in [0.15, 0.2) is 23.6 Å². The van der Waals surface area contributed by atoms with Crippen molar-refractivity contribution in [3.8, 4) is 22.1 Å². The number of ether oxygens (including phenoxy) is 3. The molecule has 1 aromatic carbocycles. The normalized spacial score (nSPS) is 12.7. The first-order valence-corrected chi connectivity index (χ1v) is 12.0. The number of nitrogens with one attached hydrogen (secondary N) is 1. The summed E-state index contributed by atoms with van der Waals surface area (Å²) in [5.41, 5.74) is 2.96. The van der Waals surface area contributed by atoms with Gasteiger partial charge in [0.15, 0.2) is 11.5 Å². The van der Waals surface area contributed by atoms with Gasteiger partial charge < -0.3 is 19.5 Å². The first-order chi connectivity index (χ1) is 15.5. The molecule has 1 aliphatic rings. The van der Waals surface area contributed by atoms with E-state index in [1.54, 1.807) is 14.2 Å². The summed E-state index contributed by atoms with van der Waals surface area (Å²) in [6.45, 7) is 1.49. The lowest BCUT2D eigenvalue weighted by molar-refractivity contribution is -0.114. The maximum atomic E-state index is 13.0. The van der Waals surface area contributed by atoms with Gasteiger partial charge in [-0.3, -0.25) is 4.79 Å². The minimum atomic E-state index is -0.429. The van der Waals surface area contributed by atoms with Crippen LogP contribution in [0.1, 0.15) is 46.3 Å². The van der Waals surface area contributed by atoms with E-state index < -0.39 is 5.97 Å². The SMILES string of the molecule is COc1cccc(-c2nc(COC(=O)c3c(NC(C)=O)sc4c3CCCC4)cs2)c1OC. The van der Waals surface area contributed by atoms with Crippen LogP contribution in [0.25, 0.3) is 10.6 Å². The molecule has 1 N–H and O–H groups in total. The average molecular weight is 473 g/mol. The average Bonchev–Trinajstić information content (AvgIpc) is 3.40. The first-order valence-electron chi connectivity index (χ1n) is 10.3. The van der Waals surface area contributed by atoms with Gasteiger partial charge in [0.1, 0.15) is 16.6 Å². The van der Waals surface area contributed by atoms with Gasteiger partial charge in [0.25, 0.3) is 0 Å². The van der Waals surface area contributed by atoms with Crippen molar-refractivity contribution in [3.63, 3.8) is 0 Å². The zero-order chi connectivity index (χ0) is 22.7. The zero-order valence-electron chi connectivity index (χ0n) is 18.1. The Hall–Kier alpha value is -2.91. The number of benzene rings is 1. The molecule has 0 fully saturated rings. The highest BCUT2D eigenvalue weighted by Crippen LogP contribution is 2.40. The molecule has 3 aromatic rings. The van der Waals surface area contributed by atoms with Gasteiger partial charge in [-0.1, -0.05) is 6.07 Å². The maximum Gasteiger partial charge on any atom is 0.341 e. The molecule has 2 aromatic heterocycles. The number of carbonyl (C=O) groups excluding carboxylic acids is 2. The molecule has 4 rings (SSSR count). The van der Waals surface area contributed by atoms with Crippen molar-refractivity contribution in [1.29, 1.82) is 0 Å². The van der Waals surface area contributed by atoms with Crippen molar-refractivity contribution < 1.29 is 23.8 Å². The zero-order valence-corrected chi connectivity index (χ0v) is 19.8. The lowest BCUT2D eigenvalue weighted by Crippen LogP contribution is -2.13. The topological polar surface area (TPSA) is 86.8 Å². The summed E-state index contributed by atoms with van der Waals surface area (Å²) >= 11 is 2.92. The standard InChI is InChI=1S/C23H24N2O5S2/c1-13(26)24-22-19(15-7-4-5-10-18(15)32-22)23(27)30-11-14-12-31-21(25-14)16-8-6-9-17(28-2)20(16)29-3/h6,8-9,12H,4-5,7,10-11H2,1-3H3,(H,24,26). The van der Waals surface area contributed by atoms with Crippen LogP contribution < -0.4 is 14.8 Å². The minimum absolute atomic E-state index is 0.0474. The quantitative estimate of drug-likeness (QED) is 0.483. The van der Waals surface area contributed by atoms with E-state index in [1.807, 2.05) is 23.6 Å². The molecule has 9 heteroatoms. The van der Waals surface area contributed by atoms with Crippen molar-refractivity contribution in [2.24, 2.45) is 0 Å². The molecule has 168 valence electrons. The third-order valence-corrected chi connectivity index (χ3v) is 7.33. The number of carbonyl (C=O) groups is 2. The number of amides is 1. The van der Waals surface area contributed by atoms with E-state index in [-0.39, 0.29) is 12.5 Å². The summed E-state index contributed by atoms with van der Waals surface area (Å²) in [5.74, 6) is 0.606. The summed E-state index contributed by atoms with van der Waals surface area (Å²) < 4.78 is 16.5. The van der Waals surface area contributed by atoms with Crippen molar-refractivity contribution in [2.75, 3.05) is 19.5 Å². The van der Waals surface area contributed by atoms with Crippen LogP contribution in [0, 0.1) is 0 Å². The number of aromatic nitrogens is 1. The molecule has 0 unspecified atom stereocenters. The van der Waals surface area contributed by atoms with Crippen molar-refractivity contribution in [3.05, 3.63) is 45.3 Å². The van der Waals surface area contributed by atoms with Crippen LogP contribution in [-0.4, -0.2) is 31.1 Å². The second kappa shape index (κ2) is 9.70. The molecule has 1 amide bonds. The molecule has 0 atom stereocenters. The fourth-order valence-electron chi connectivity index (χ4n) is 3.79. The van der Waals surface area contributed by atoms with Gasteiger partial charge in [0.2, 0.25) is 5.91 Å². The van der Waals surface area contributed by atoms with Crippen LogP contribution >= 0.6 is 22.7 Å². The summed E-state index contributed by atoms with van der Waals surface area (Å²) in [5, 5.41) is 5.99. The number of para-hydroxylation sites is 1. The van der Waals surface area contributed by atoms with E-state index in [4.69, 9.17) is 14.2 Å². The van der Waals surface area contributed by atoms with E-state index >= 15 is 0 Å². The van der Waals surface area contributed by atoms with Gasteiger partial charge in [-0.15, -0.1) is 22.7 Å². The fraction of sp³-hybridized carbons (Fsp3) is 0.348. The van der Waals surface area contributed by atoms with Crippen molar-refractivity contribution >= 4 is 39.6 Å². The molecule has 0 spiro atoms. The number of thiazole rings is 1. The lowest BCUT2D eigenvalue weighted by atomic mass is 9.95. The number of nitrogens with zero attached hydrogens (tertiary/aromatic N) is 1. The van der Waals surface area contributed by atoms with Crippen LogP contribution in [0.4, 0.5) is 5.00 Å². The highest BCUT2D eigenvalue weighted by atomic mass is 32.1. The Morgan fingerprint density at radius 3 is 2.72 bits per heavy atom. The molecule has 0 radical (unpaired) electrons. The maximum absolute atomic E-state index is 13.0. The molecule has 1 aliphatic carbocycles. The smallest absolute Gasteiger partial charge is 0.341 e. The van der Waals surface area contributed by atoms with E-state index in [2.05, 4.69) is 10.3 Å². The van der Waals surface area contributed by atoms with Crippen molar-refractivity contribution in [2.45, 2.75) is 39.2 Å². The predicted octanol–water partition coefficient (Wildman–Crippen LogP) is 5.08. The Morgan fingerprint density at radius 1 is 1.16 bits per heavy atom. The van der Waals surface area contributed by atoms with Crippen LogP contribution in [0.3, 0.4) is 0 Å². The highest BCUT2D eigenvalue weighted by molar-refractivity contribution is 7.17. The highest BCUT2D eigenvalue weighted by Gasteiger charge is 2.27. The largest absolute Gasteiger partial charge is 0.493 e. The molecular weight excluding hydrogens is 448 g/mol. The number of hydrogen-bond donors (Lipinski definition) is 1. The Kier molecular flexibility index (Phi) is 6.76. The van der Waals surface area contributed by atoms with Crippen LogP contribution in [0.2, 0.25) is 0 Å². The van der Waals surface area contributed by atoms with Crippen molar-refractivity contribution in [1.82, 2.24) is 4.98 Å². The molecule has 2 heterocycles. The van der Waals surface area contributed by atoms with Gasteiger partial charge in [0.05, 0.1) is 31.0 Å².